The van der Waals surface area contributed by atoms with Gasteiger partial charge in [0.15, 0.2) is 11.0 Å². The van der Waals surface area contributed by atoms with Crippen molar-refractivity contribution in [2.75, 3.05) is 5.75 Å². The Labute approximate surface area is 218 Å². The van der Waals surface area contributed by atoms with Crippen LogP contribution in [0.1, 0.15) is 38.4 Å². The van der Waals surface area contributed by atoms with E-state index in [-0.39, 0.29) is 36.0 Å². The zero-order valence-electron chi connectivity index (χ0n) is 19.1. The summed E-state index contributed by atoms with van der Waals surface area (Å²) in [6.07, 6.45) is 0.556. The average molecular weight is 541 g/mol. The van der Waals surface area contributed by atoms with Crippen molar-refractivity contribution in [3.05, 3.63) is 86.3 Å². The molecule has 0 saturated heterocycles. The smallest absolute Gasteiger partial charge is 0.261 e. The van der Waals surface area contributed by atoms with Gasteiger partial charge in [0.1, 0.15) is 5.82 Å². The highest BCUT2D eigenvalue weighted by molar-refractivity contribution is 7.99. The first-order chi connectivity index (χ1) is 17.5. The zero-order valence-corrected chi connectivity index (χ0v) is 21.6. The van der Waals surface area contributed by atoms with Gasteiger partial charge in [-0.3, -0.25) is 9.59 Å². The van der Waals surface area contributed by atoms with Gasteiger partial charge in [0, 0.05) is 13.5 Å². The van der Waals surface area contributed by atoms with Gasteiger partial charge in [0.25, 0.3) is 11.8 Å². The number of carbonyl (C=O) groups excluding carboxylic acids is 2. The predicted octanol–water partition coefficient (Wildman–Crippen LogP) is 4.48. The summed E-state index contributed by atoms with van der Waals surface area (Å²) in [5.74, 6) is 0.00782. The third-order valence-corrected chi connectivity index (χ3v) is 8.42. The SMILES string of the molecule is Cn1c(CNC(=O)c2cccs2)nnc1SCC(=O)N1N=C(c2cccs2)CC1c1ccc(F)cc1. The molecule has 1 N–H and O–H groups in total. The van der Waals surface area contributed by atoms with Crippen molar-refractivity contribution in [3.8, 4) is 0 Å². The summed E-state index contributed by atoms with van der Waals surface area (Å²) >= 11 is 4.19. The van der Waals surface area contributed by atoms with Gasteiger partial charge in [-0.15, -0.1) is 32.9 Å². The summed E-state index contributed by atoms with van der Waals surface area (Å²) in [6, 6.07) is 13.4. The molecule has 0 fully saturated rings. The van der Waals surface area contributed by atoms with E-state index in [1.807, 2.05) is 29.0 Å². The molecule has 1 aromatic carbocycles. The van der Waals surface area contributed by atoms with Crippen LogP contribution in [0.2, 0.25) is 0 Å². The topological polar surface area (TPSA) is 92.5 Å². The van der Waals surface area contributed by atoms with Gasteiger partial charge < -0.3 is 9.88 Å². The van der Waals surface area contributed by atoms with Crippen LogP contribution in [0.3, 0.4) is 0 Å². The molecule has 2 amide bonds. The summed E-state index contributed by atoms with van der Waals surface area (Å²) in [7, 11) is 1.80. The van der Waals surface area contributed by atoms with Crippen LogP contribution in [0.5, 0.6) is 0 Å². The number of benzene rings is 1. The number of hydrazone groups is 1. The molecular weight excluding hydrogens is 520 g/mol. The average Bonchev–Trinajstić information content (AvgIpc) is 3.69. The number of thiophene rings is 2. The summed E-state index contributed by atoms with van der Waals surface area (Å²) in [5, 5.41) is 21.7. The molecule has 0 spiro atoms. The fourth-order valence-corrected chi connectivity index (χ4v) is 5.89. The maximum Gasteiger partial charge on any atom is 0.261 e. The Morgan fingerprint density at radius 1 is 1.11 bits per heavy atom. The second-order valence-corrected chi connectivity index (χ2v) is 10.8. The van der Waals surface area contributed by atoms with Crippen molar-refractivity contribution < 1.29 is 14.0 Å². The number of amides is 2. The van der Waals surface area contributed by atoms with E-state index >= 15 is 0 Å². The number of hydrogen-bond acceptors (Lipinski definition) is 8. The molecule has 12 heteroatoms. The van der Waals surface area contributed by atoms with E-state index in [0.29, 0.717) is 22.3 Å². The van der Waals surface area contributed by atoms with E-state index < -0.39 is 0 Å². The van der Waals surface area contributed by atoms with E-state index in [0.717, 1.165) is 16.2 Å². The minimum absolute atomic E-state index is 0.104. The Balaban J connectivity index is 1.26. The van der Waals surface area contributed by atoms with Crippen LogP contribution in [0.25, 0.3) is 0 Å². The molecular formula is C24H21FN6O2S3. The minimum atomic E-state index is -0.325. The van der Waals surface area contributed by atoms with Gasteiger partial charge in [-0.25, -0.2) is 9.40 Å². The summed E-state index contributed by atoms with van der Waals surface area (Å²) in [4.78, 5) is 27.1. The Kier molecular flexibility index (Phi) is 7.25. The predicted molar refractivity (Wildman–Crippen MR) is 139 cm³/mol. The van der Waals surface area contributed by atoms with Gasteiger partial charge in [-0.1, -0.05) is 36.0 Å². The first-order valence-corrected chi connectivity index (χ1v) is 13.8. The number of rotatable bonds is 8. The van der Waals surface area contributed by atoms with Gasteiger partial charge in [0.05, 0.1) is 33.8 Å². The number of aromatic nitrogens is 3. The Morgan fingerprint density at radius 3 is 2.61 bits per heavy atom. The van der Waals surface area contributed by atoms with E-state index in [9.17, 15) is 14.0 Å². The Hall–Kier alpha value is -3.35. The van der Waals surface area contributed by atoms with E-state index in [1.54, 1.807) is 41.2 Å². The molecule has 3 aromatic heterocycles. The molecule has 0 aliphatic carbocycles. The summed E-state index contributed by atoms with van der Waals surface area (Å²) in [5.41, 5.74) is 1.66. The second kappa shape index (κ2) is 10.7. The first-order valence-electron chi connectivity index (χ1n) is 11.0. The molecule has 1 atom stereocenters. The lowest BCUT2D eigenvalue weighted by atomic mass is 10.0. The van der Waals surface area contributed by atoms with Crippen molar-refractivity contribution in [2.45, 2.75) is 24.2 Å². The molecule has 4 heterocycles. The summed E-state index contributed by atoms with van der Waals surface area (Å²) in [6.45, 7) is 0.224. The van der Waals surface area contributed by atoms with E-state index in [1.165, 1.54) is 40.2 Å². The number of thioether (sulfide) groups is 1. The molecule has 5 rings (SSSR count). The monoisotopic (exact) mass is 540 g/mol. The maximum absolute atomic E-state index is 13.5. The normalized spacial score (nSPS) is 15.2. The number of hydrogen-bond donors (Lipinski definition) is 1. The van der Waals surface area contributed by atoms with E-state index in [2.05, 4.69) is 20.6 Å². The molecule has 184 valence electrons. The number of nitrogens with one attached hydrogen (secondary N) is 1. The van der Waals surface area contributed by atoms with Crippen molar-refractivity contribution in [1.82, 2.24) is 25.1 Å². The highest BCUT2D eigenvalue weighted by atomic mass is 32.2. The quantitative estimate of drug-likeness (QED) is 0.333. The van der Waals surface area contributed by atoms with Crippen LogP contribution in [0, 0.1) is 5.82 Å². The highest BCUT2D eigenvalue weighted by Crippen LogP contribution is 2.34. The van der Waals surface area contributed by atoms with E-state index in [4.69, 9.17) is 0 Å². The van der Waals surface area contributed by atoms with Crippen LogP contribution in [0.15, 0.2) is 69.5 Å². The molecule has 4 aromatic rings. The minimum Gasteiger partial charge on any atom is -0.344 e. The van der Waals surface area contributed by atoms with Crippen LogP contribution in [-0.4, -0.2) is 43.1 Å². The first kappa shape index (κ1) is 24.3. The van der Waals surface area contributed by atoms with Crippen molar-refractivity contribution >= 4 is 52.0 Å². The fraction of sp³-hybridized carbons (Fsp3) is 0.208. The molecule has 0 bridgehead atoms. The van der Waals surface area contributed by atoms with Gasteiger partial charge in [-0.2, -0.15) is 5.10 Å². The van der Waals surface area contributed by atoms with Crippen LogP contribution in [-0.2, 0) is 18.4 Å². The highest BCUT2D eigenvalue weighted by Gasteiger charge is 2.33. The van der Waals surface area contributed by atoms with Crippen molar-refractivity contribution in [3.63, 3.8) is 0 Å². The maximum atomic E-state index is 13.5. The zero-order chi connectivity index (χ0) is 25.1. The third kappa shape index (κ3) is 5.25. The molecule has 1 unspecified atom stereocenters. The largest absolute Gasteiger partial charge is 0.344 e. The standard InChI is InChI=1S/C24H21FN6O2S3/c1-30-21(13-26-23(33)20-5-3-11-35-20)27-28-24(30)36-14-22(32)31-18(15-6-8-16(25)9-7-15)12-17(29-31)19-4-2-10-34-19/h2-11,18H,12-14H2,1H3,(H,26,33). The number of carbonyl (C=O) groups is 2. The van der Waals surface area contributed by atoms with Crippen molar-refractivity contribution in [2.24, 2.45) is 12.1 Å². The lowest BCUT2D eigenvalue weighted by Crippen LogP contribution is -2.28. The number of nitrogens with zero attached hydrogens (tertiary/aromatic N) is 5. The molecule has 1 aliphatic rings. The lowest BCUT2D eigenvalue weighted by molar-refractivity contribution is -0.130. The van der Waals surface area contributed by atoms with Gasteiger partial charge >= 0.3 is 0 Å². The Bertz CT molecular complexity index is 1380. The van der Waals surface area contributed by atoms with Gasteiger partial charge in [0.2, 0.25) is 0 Å². The third-order valence-electron chi connectivity index (χ3n) is 5.63. The molecule has 1 aliphatic heterocycles. The summed E-state index contributed by atoms with van der Waals surface area (Å²) < 4.78 is 15.3. The number of halogens is 1. The van der Waals surface area contributed by atoms with Crippen LogP contribution < -0.4 is 5.32 Å². The van der Waals surface area contributed by atoms with Crippen LogP contribution >= 0.6 is 34.4 Å². The molecule has 0 radical (unpaired) electrons. The van der Waals surface area contributed by atoms with Crippen LogP contribution in [0.4, 0.5) is 4.39 Å². The molecule has 36 heavy (non-hydrogen) atoms. The molecule has 8 nitrogen and oxygen atoms in total. The molecule has 0 saturated carbocycles. The lowest BCUT2D eigenvalue weighted by Gasteiger charge is -2.21. The van der Waals surface area contributed by atoms with Gasteiger partial charge in [-0.05, 0) is 40.6 Å². The van der Waals surface area contributed by atoms with Crippen molar-refractivity contribution in [1.29, 1.82) is 0 Å². The fourth-order valence-electron chi connectivity index (χ4n) is 3.75. The Morgan fingerprint density at radius 2 is 1.89 bits per heavy atom. The second-order valence-electron chi connectivity index (χ2n) is 7.94.